The molecule has 0 saturated heterocycles. The fraction of sp³-hybridized carbons (Fsp3) is 0.467. The van der Waals surface area contributed by atoms with Crippen LogP contribution in [-0.2, 0) is 0 Å². The second kappa shape index (κ2) is 5.63. The van der Waals surface area contributed by atoms with E-state index < -0.39 is 0 Å². The molecule has 3 rings (SSSR count). The molecule has 20 heavy (non-hydrogen) atoms. The summed E-state index contributed by atoms with van der Waals surface area (Å²) in [5.41, 5.74) is 1.49. The van der Waals surface area contributed by atoms with Crippen LogP contribution in [0.4, 0.5) is 0 Å². The number of hydrogen-bond donors (Lipinski definition) is 2. The molecule has 0 atom stereocenters. The molecule has 2 aromatic heterocycles. The molecule has 1 saturated carbocycles. The predicted octanol–water partition coefficient (Wildman–Crippen LogP) is 1.62. The molecule has 106 valence electrons. The Bertz CT molecular complexity index is 600. The Morgan fingerprint density at radius 2 is 2.15 bits per heavy atom. The van der Waals surface area contributed by atoms with E-state index in [0.717, 1.165) is 31.2 Å². The van der Waals surface area contributed by atoms with Crippen LogP contribution in [0, 0.1) is 5.92 Å². The summed E-state index contributed by atoms with van der Waals surface area (Å²) in [7, 11) is 0. The second-order valence-corrected chi connectivity index (χ2v) is 5.46. The number of aliphatic hydroxyl groups excluding tert-OH is 1. The summed E-state index contributed by atoms with van der Waals surface area (Å²) < 4.78 is 1.71. The number of nitrogens with one attached hydrogen (secondary N) is 1. The van der Waals surface area contributed by atoms with Crippen LogP contribution in [0.2, 0.25) is 0 Å². The number of rotatable bonds is 3. The van der Waals surface area contributed by atoms with E-state index in [1.807, 2.05) is 24.4 Å². The van der Waals surface area contributed by atoms with Crippen LogP contribution in [0.25, 0.3) is 5.52 Å². The van der Waals surface area contributed by atoms with Crippen LogP contribution in [0.3, 0.4) is 0 Å². The van der Waals surface area contributed by atoms with Gasteiger partial charge in [-0.2, -0.15) is 5.10 Å². The van der Waals surface area contributed by atoms with Crippen molar-refractivity contribution >= 4 is 11.4 Å². The van der Waals surface area contributed by atoms with Crippen molar-refractivity contribution in [2.75, 3.05) is 6.61 Å². The molecule has 5 heteroatoms. The van der Waals surface area contributed by atoms with Crippen molar-refractivity contribution in [1.82, 2.24) is 14.9 Å². The standard InChI is InChI=1S/C15H19N3O2/c19-10-11-3-5-12(6-4-11)17-15(20)13-2-1-9-18-14(13)7-8-16-18/h1-2,7-9,11-12,19H,3-6,10H2,(H,17,20). The zero-order chi connectivity index (χ0) is 13.9. The fourth-order valence-corrected chi connectivity index (χ4v) is 2.90. The highest BCUT2D eigenvalue weighted by atomic mass is 16.3. The van der Waals surface area contributed by atoms with Gasteiger partial charge in [-0.25, -0.2) is 4.52 Å². The number of carbonyl (C=O) groups is 1. The zero-order valence-electron chi connectivity index (χ0n) is 11.3. The summed E-state index contributed by atoms with van der Waals surface area (Å²) in [6.07, 6.45) is 7.38. The van der Waals surface area contributed by atoms with Gasteiger partial charge in [-0.05, 0) is 49.8 Å². The molecule has 0 aromatic carbocycles. The Kier molecular flexibility index (Phi) is 3.69. The van der Waals surface area contributed by atoms with E-state index in [1.54, 1.807) is 10.7 Å². The molecule has 1 amide bonds. The molecule has 5 nitrogen and oxygen atoms in total. The first-order valence-corrected chi connectivity index (χ1v) is 7.12. The minimum absolute atomic E-state index is 0.0384. The summed E-state index contributed by atoms with van der Waals surface area (Å²) >= 11 is 0. The number of hydrogen-bond acceptors (Lipinski definition) is 3. The van der Waals surface area contributed by atoms with E-state index in [9.17, 15) is 4.79 Å². The number of aromatic nitrogens is 2. The number of aliphatic hydroxyl groups is 1. The number of nitrogens with zero attached hydrogens (tertiary/aromatic N) is 2. The van der Waals surface area contributed by atoms with Gasteiger partial charge in [0.1, 0.15) is 0 Å². The normalized spacial score (nSPS) is 22.9. The van der Waals surface area contributed by atoms with Crippen molar-refractivity contribution in [3.05, 3.63) is 36.2 Å². The van der Waals surface area contributed by atoms with Crippen LogP contribution < -0.4 is 5.32 Å². The average molecular weight is 273 g/mol. The van der Waals surface area contributed by atoms with Crippen LogP contribution in [0.1, 0.15) is 36.0 Å². The average Bonchev–Trinajstić information content (AvgIpc) is 2.96. The van der Waals surface area contributed by atoms with E-state index in [4.69, 9.17) is 5.11 Å². The molecule has 0 unspecified atom stereocenters. The number of fused-ring (bicyclic) bond motifs is 1. The summed E-state index contributed by atoms with van der Waals surface area (Å²) in [4.78, 5) is 12.4. The maximum Gasteiger partial charge on any atom is 0.253 e. The van der Waals surface area contributed by atoms with Crippen LogP contribution >= 0.6 is 0 Å². The van der Waals surface area contributed by atoms with Crippen molar-refractivity contribution in [3.8, 4) is 0 Å². The van der Waals surface area contributed by atoms with E-state index in [2.05, 4.69) is 10.4 Å². The third-order valence-corrected chi connectivity index (χ3v) is 4.12. The molecule has 2 aromatic rings. The van der Waals surface area contributed by atoms with Crippen molar-refractivity contribution < 1.29 is 9.90 Å². The SMILES string of the molecule is O=C(NC1CCC(CO)CC1)c1cccn2nccc12. The lowest BCUT2D eigenvalue weighted by Crippen LogP contribution is -2.38. The predicted molar refractivity (Wildman–Crippen MR) is 75.5 cm³/mol. The van der Waals surface area contributed by atoms with Gasteiger partial charge in [0, 0.05) is 18.8 Å². The van der Waals surface area contributed by atoms with Gasteiger partial charge in [-0.1, -0.05) is 0 Å². The van der Waals surface area contributed by atoms with E-state index in [-0.39, 0.29) is 18.6 Å². The molecule has 2 N–H and O–H groups in total. The molecule has 1 aliphatic rings. The van der Waals surface area contributed by atoms with Crippen molar-refractivity contribution in [3.63, 3.8) is 0 Å². The van der Waals surface area contributed by atoms with Gasteiger partial charge in [-0.15, -0.1) is 0 Å². The summed E-state index contributed by atoms with van der Waals surface area (Å²) in [6, 6.07) is 5.72. The lowest BCUT2D eigenvalue weighted by Gasteiger charge is -2.28. The Balaban J connectivity index is 1.69. The fourth-order valence-electron chi connectivity index (χ4n) is 2.90. The largest absolute Gasteiger partial charge is 0.396 e. The molecule has 0 radical (unpaired) electrons. The molecular formula is C15H19N3O2. The van der Waals surface area contributed by atoms with Gasteiger partial charge >= 0.3 is 0 Å². The highest BCUT2D eigenvalue weighted by molar-refractivity contribution is 6.00. The van der Waals surface area contributed by atoms with E-state index in [0.29, 0.717) is 11.5 Å². The number of pyridine rings is 1. The van der Waals surface area contributed by atoms with Crippen LogP contribution in [-0.4, -0.2) is 33.3 Å². The number of carbonyl (C=O) groups excluding carboxylic acids is 1. The highest BCUT2D eigenvalue weighted by Crippen LogP contribution is 2.24. The van der Waals surface area contributed by atoms with Crippen molar-refractivity contribution in [2.45, 2.75) is 31.7 Å². The van der Waals surface area contributed by atoms with Crippen LogP contribution in [0.15, 0.2) is 30.6 Å². The Morgan fingerprint density at radius 3 is 2.90 bits per heavy atom. The zero-order valence-corrected chi connectivity index (χ0v) is 11.3. The van der Waals surface area contributed by atoms with Gasteiger partial charge in [0.25, 0.3) is 5.91 Å². The van der Waals surface area contributed by atoms with Gasteiger partial charge in [0.2, 0.25) is 0 Å². The topological polar surface area (TPSA) is 66.6 Å². The van der Waals surface area contributed by atoms with Gasteiger partial charge in [-0.3, -0.25) is 4.79 Å². The molecule has 1 fully saturated rings. The third-order valence-electron chi connectivity index (χ3n) is 4.12. The Hall–Kier alpha value is -1.88. The lowest BCUT2D eigenvalue weighted by molar-refractivity contribution is 0.0915. The molecule has 0 spiro atoms. The summed E-state index contributed by atoms with van der Waals surface area (Å²) in [6.45, 7) is 0.260. The molecule has 0 aliphatic heterocycles. The molecule has 1 aliphatic carbocycles. The lowest BCUT2D eigenvalue weighted by atomic mass is 9.86. The minimum atomic E-state index is -0.0384. The minimum Gasteiger partial charge on any atom is -0.396 e. The quantitative estimate of drug-likeness (QED) is 0.893. The van der Waals surface area contributed by atoms with Crippen LogP contribution in [0.5, 0.6) is 0 Å². The Morgan fingerprint density at radius 1 is 1.35 bits per heavy atom. The first-order valence-electron chi connectivity index (χ1n) is 7.12. The number of amides is 1. The maximum atomic E-state index is 12.4. The smallest absolute Gasteiger partial charge is 0.253 e. The molecule has 0 bridgehead atoms. The summed E-state index contributed by atoms with van der Waals surface area (Å²) in [5, 5.41) is 16.4. The van der Waals surface area contributed by atoms with Gasteiger partial charge < -0.3 is 10.4 Å². The van der Waals surface area contributed by atoms with Crippen molar-refractivity contribution in [1.29, 1.82) is 0 Å². The summed E-state index contributed by atoms with van der Waals surface area (Å²) in [5.74, 6) is 0.366. The van der Waals surface area contributed by atoms with E-state index >= 15 is 0 Å². The first kappa shape index (κ1) is 13.1. The monoisotopic (exact) mass is 273 g/mol. The highest BCUT2D eigenvalue weighted by Gasteiger charge is 2.22. The van der Waals surface area contributed by atoms with Crippen molar-refractivity contribution in [2.24, 2.45) is 5.92 Å². The molecule has 2 heterocycles. The van der Waals surface area contributed by atoms with E-state index in [1.165, 1.54) is 0 Å². The third kappa shape index (κ3) is 2.54. The van der Waals surface area contributed by atoms with Gasteiger partial charge in [0.15, 0.2) is 0 Å². The Labute approximate surface area is 117 Å². The maximum absolute atomic E-state index is 12.4. The second-order valence-electron chi connectivity index (χ2n) is 5.46. The molecular weight excluding hydrogens is 254 g/mol. The van der Waals surface area contributed by atoms with Gasteiger partial charge in [0.05, 0.1) is 17.3 Å². The first-order chi connectivity index (χ1) is 9.78.